The molecule has 0 aliphatic heterocycles. The maximum absolute atomic E-state index is 12.0. The number of carbonyl (C=O) groups excluding carboxylic acids is 1. The Kier molecular flexibility index (Phi) is 5.28. The molecule has 0 radical (unpaired) electrons. The maximum atomic E-state index is 12.0. The van der Waals surface area contributed by atoms with Gasteiger partial charge in [0.2, 0.25) is 5.91 Å². The molecular formula is C17H20N2OS. The second kappa shape index (κ2) is 7.18. The van der Waals surface area contributed by atoms with Crippen LogP contribution in [0.1, 0.15) is 24.1 Å². The summed E-state index contributed by atoms with van der Waals surface area (Å²) in [6.07, 6.45) is 0. The Morgan fingerprint density at radius 2 is 2.00 bits per heavy atom. The van der Waals surface area contributed by atoms with Gasteiger partial charge >= 0.3 is 0 Å². The van der Waals surface area contributed by atoms with Crippen LogP contribution in [0.3, 0.4) is 0 Å². The quantitative estimate of drug-likeness (QED) is 0.656. The number of rotatable bonds is 5. The number of aryl methyl sites for hydroxylation is 1. The summed E-state index contributed by atoms with van der Waals surface area (Å²) in [5.41, 5.74) is 8.78. The van der Waals surface area contributed by atoms with Gasteiger partial charge in [-0.15, -0.1) is 11.8 Å². The van der Waals surface area contributed by atoms with Crippen molar-refractivity contribution in [3.05, 3.63) is 59.7 Å². The third-order valence-corrected chi connectivity index (χ3v) is 4.25. The first kappa shape index (κ1) is 15.4. The summed E-state index contributed by atoms with van der Waals surface area (Å²) in [6, 6.07) is 15.7. The van der Waals surface area contributed by atoms with Gasteiger partial charge in [-0.3, -0.25) is 4.79 Å². The van der Waals surface area contributed by atoms with Crippen LogP contribution in [-0.4, -0.2) is 11.7 Å². The van der Waals surface area contributed by atoms with Crippen molar-refractivity contribution in [1.29, 1.82) is 0 Å². The predicted molar refractivity (Wildman–Crippen MR) is 89.3 cm³/mol. The summed E-state index contributed by atoms with van der Waals surface area (Å²) in [5.74, 6) is 0.415. The largest absolute Gasteiger partial charge is 0.399 e. The van der Waals surface area contributed by atoms with Crippen molar-refractivity contribution in [3.8, 4) is 0 Å². The Morgan fingerprint density at radius 3 is 2.71 bits per heavy atom. The van der Waals surface area contributed by atoms with Gasteiger partial charge in [0.25, 0.3) is 0 Å². The van der Waals surface area contributed by atoms with E-state index in [1.165, 1.54) is 17.3 Å². The molecule has 2 aromatic carbocycles. The second-order valence-electron chi connectivity index (χ2n) is 5.01. The number of thioether (sulfide) groups is 1. The van der Waals surface area contributed by atoms with E-state index in [9.17, 15) is 4.79 Å². The zero-order chi connectivity index (χ0) is 15.2. The lowest BCUT2D eigenvalue weighted by molar-refractivity contribution is -0.119. The number of nitrogens with one attached hydrogen (secondary N) is 1. The molecule has 0 spiro atoms. The van der Waals surface area contributed by atoms with E-state index in [2.05, 4.69) is 18.3 Å². The summed E-state index contributed by atoms with van der Waals surface area (Å²) < 4.78 is 0. The Balaban J connectivity index is 1.89. The fourth-order valence-corrected chi connectivity index (χ4v) is 2.96. The molecule has 4 heteroatoms. The van der Waals surface area contributed by atoms with Crippen molar-refractivity contribution in [1.82, 2.24) is 5.32 Å². The van der Waals surface area contributed by atoms with Crippen LogP contribution in [0.5, 0.6) is 0 Å². The smallest absolute Gasteiger partial charge is 0.230 e. The lowest BCUT2D eigenvalue weighted by atomic mass is 10.0. The van der Waals surface area contributed by atoms with Crippen LogP contribution >= 0.6 is 11.8 Å². The van der Waals surface area contributed by atoms with E-state index in [1.54, 1.807) is 0 Å². The van der Waals surface area contributed by atoms with Crippen LogP contribution in [0.2, 0.25) is 0 Å². The normalized spacial score (nSPS) is 11.9. The zero-order valence-electron chi connectivity index (χ0n) is 12.3. The minimum absolute atomic E-state index is 0.0140. The minimum Gasteiger partial charge on any atom is -0.399 e. The molecule has 0 fully saturated rings. The van der Waals surface area contributed by atoms with E-state index >= 15 is 0 Å². The number of nitrogens with two attached hydrogens (primary N) is 1. The lowest BCUT2D eigenvalue weighted by Crippen LogP contribution is -2.28. The van der Waals surface area contributed by atoms with Gasteiger partial charge < -0.3 is 11.1 Å². The SMILES string of the molecule is Cc1ccccc1C(C)NC(=O)CSc1cccc(N)c1. The maximum Gasteiger partial charge on any atom is 0.230 e. The van der Waals surface area contributed by atoms with Gasteiger partial charge in [-0.05, 0) is 43.2 Å². The molecule has 3 nitrogen and oxygen atoms in total. The molecule has 0 saturated carbocycles. The van der Waals surface area contributed by atoms with Crippen LogP contribution in [0, 0.1) is 6.92 Å². The van der Waals surface area contributed by atoms with E-state index in [4.69, 9.17) is 5.73 Å². The number of nitrogen functional groups attached to an aromatic ring is 1. The zero-order valence-corrected chi connectivity index (χ0v) is 13.1. The summed E-state index contributed by atoms with van der Waals surface area (Å²) in [6.45, 7) is 4.06. The average Bonchev–Trinajstić information content (AvgIpc) is 2.45. The first-order valence-electron chi connectivity index (χ1n) is 6.89. The molecule has 2 aromatic rings. The molecule has 1 unspecified atom stereocenters. The molecule has 1 amide bonds. The van der Waals surface area contributed by atoms with E-state index in [1.807, 2.05) is 49.4 Å². The summed E-state index contributed by atoms with van der Waals surface area (Å²) in [4.78, 5) is 13.0. The molecule has 2 rings (SSSR count). The molecule has 1 atom stereocenters. The first-order valence-corrected chi connectivity index (χ1v) is 7.88. The van der Waals surface area contributed by atoms with Crippen LogP contribution in [0.25, 0.3) is 0 Å². The van der Waals surface area contributed by atoms with Crippen LogP contribution < -0.4 is 11.1 Å². The van der Waals surface area contributed by atoms with Crippen LogP contribution in [0.4, 0.5) is 5.69 Å². The highest BCUT2D eigenvalue weighted by atomic mass is 32.2. The Labute approximate surface area is 129 Å². The van der Waals surface area contributed by atoms with Crippen molar-refractivity contribution in [2.24, 2.45) is 0 Å². The lowest BCUT2D eigenvalue weighted by Gasteiger charge is -2.16. The third-order valence-electron chi connectivity index (χ3n) is 3.26. The van der Waals surface area contributed by atoms with Gasteiger partial charge in [0, 0.05) is 10.6 Å². The highest BCUT2D eigenvalue weighted by Gasteiger charge is 2.11. The van der Waals surface area contributed by atoms with Gasteiger partial charge in [0.05, 0.1) is 11.8 Å². The standard InChI is InChI=1S/C17H20N2OS/c1-12-6-3-4-9-16(12)13(2)19-17(20)11-21-15-8-5-7-14(18)10-15/h3-10,13H,11,18H2,1-2H3,(H,19,20). The Bertz CT molecular complexity index is 628. The molecule has 110 valence electrons. The number of anilines is 1. The minimum atomic E-state index is 0.0140. The van der Waals surface area contributed by atoms with E-state index < -0.39 is 0 Å². The van der Waals surface area contributed by atoms with Crippen LogP contribution in [0.15, 0.2) is 53.4 Å². The monoisotopic (exact) mass is 300 g/mol. The number of carbonyl (C=O) groups is 1. The van der Waals surface area contributed by atoms with Crippen molar-refractivity contribution in [2.75, 3.05) is 11.5 Å². The number of amides is 1. The molecule has 0 aromatic heterocycles. The van der Waals surface area contributed by atoms with E-state index in [0.29, 0.717) is 11.4 Å². The highest BCUT2D eigenvalue weighted by molar-refractivity contribution is 8.00. The molecule has 0 bridgehead atoms. The predicted octanol–water partition coefficient (Wildman–Crippen LogP) is 3.55. The number of benzene rings is 2. The first-order chi connectivity index (χ1) is 10.1. The molecule has 0 heterocycles. The van der Waals surface area contributed by atoms with Gasteiger partial charge in [0.1, 0.15) is 0 Å². The van der Waals surface area contributed by atoms with E-state index in [0.717, 1.165) is 10.5 Å². The van der Waals surface area contributed by atoms with Crippen molar-refractivity contribution >= 4 is 23.4 Å². The average molecular weight is 300 g/mol. The highest BCUT2D eigenvalue weighted by Crippen LogP contribution is 2.21. The second-order valence-corrected chi connectivity index (χ2v) is 6.06. The van der Waals surface area contributed by atoms with Crippen molar-refractivity contribution < 1.29 is 4.79 Å². The Hall–Kier alpha value is -1.94. The number of hydrogen-bond acceptors (Lipinski definition) is 3. The summed E-state index contributed by atoms with van der Waals surface area (Å²) >= 11 is 1.49. The van der Waals surface area contributed by atoms with Gasteiger partial charge in [-0.25, -0.2) is 0 Å². The van der Waals surface area contributed by atoms with Gasteiger partial charge in [-0.1, -0.05) is 30.3 Å². The number of hydrogen-bond donors (Lipinski definition) is 2. The fraction of sp³-hybridized carbons (Fsp3) is 0.235. The molecule has 0 aliphatic rings. The van der Waals surface area contributed by atoms with Crippen molar-refractivity contribution in [3.63, 3.8) is 0 Å². The Morgan fingerprint density at radius 1 is 1.24 bits per heavy atom. The van der Waals surface area contributed by atoms with Crippen LogP contribution in [-0.2, 0) is 4.79 Å². The summed E-state index contributed by atoms with van der Waals surface area (Å²) in [5, 5.41) is 3.03. The molecule has 0 aliphatic carbocycles. The topological polar surface area (TPSA) is 55.1 Å². The van der Waals surface area contributed by atoms with Gasteiger partial charge in [0.15, 0.2) is 0 Å². The van der Waals surface area contributed by atoms with Crippen molar-refractivity contribution in [2.45, 2.75) is 24.8 Å². The molecule has 21 heavy (non-hydrogen) atoms. The van der Waals surface area contributed by atoms with E-state index in [-0.39, 0.29) is 11.9 Å². The molecular weight excluding hydrogens is 280 g/mol. The third kappa shape index (κ3) is 4.53. The fourth-order valence-electron chi connectivity index (χ4n) is 2.19. The summed E-state index contributed by atoms with van der Waals surface area (Å²) in [7, 11) is 0. The van der Waals surface area contributed by atoms with Gasteiger partial charge in [-0.2, -0.15) is 0 Å². The molecule has 0 saturated heterocycles. The molecule has 3 N–H and O–H groups in total.